The number of hydrogen-bond donors (Lipinski definition) is 1. The number of halogens is 1. The van der Waals surface area contributed by atoms with Crippen LogP contribution in [0.1, 0.15) is 23.6 Å². The lowest BCUT2D eigenvalue weighted by atomic mass is 10.0. The molecule has 2 N–H and O–H groups in total. The van der Waals surface area contributed by atoms with Crippen molar-refractivity contribution < 1.29 is 9.53 Å². The molecule has 0 aromatic heterocycles. The standard InChI is InChI=1S/C12H13BrN2O2/c1-2-17-12(16)5-8-3-9(6-14)10(7-15)4-11(8)13/h3-4H,2,5,7,15H2,1H3. The van der Waals surface area contributed by atoms with Crippen molar-refractivity contribution in [2.75, 3.05) is 6.61 Å². The number of nitrogens with zero attached hydrogens (tertiary/aromatic N) is 1. The molecule has 0 heterocycles. The van der Waals surface area contributed by atoms with Gasteiger partial charge in [-0.1, -0.05) is 15.9 Å². The maximum Gasteiger partial charge on any atom is 0.310 e. The Morgan fingerprint density at radius 3 is 2.76 bits per heavy atom. The van der Waals surface area contributed by atoms with Gasteiger partial charge in [-0.3, -0.25) is 4.79 Å². The molecule has 0 aliphatic rings. The highest BCUT2D eigenvalue weighted by Crippen LogP contribution is 2.22. The molecule has 0 unspecified atom stereocenters. The largest absolute Gasteiger partial charge is 0.466 e. The summed E-state index contributed by atoms with van der Waals surface area (Å²) in [7, 11) is 0. The second-order valence-electron chi connectivity index (χ2n) is 3.40. The Kier molecular flexibility index (Phi) is 5.13. The number of nitriles is 1. The molecule has 90 valence electrons. The minimum atomic E-state index is -0.308. The Bertz CT molecular complexity index is 466. The summed E-state index contributed by atoms with van der Waals surface area (Å²) >= 11 is 3.36. The van der Waals surface area contributed by atoms with Crippen molar-refractivity contribution in [1.29, 1.82) is 5.26 Å². The number of esters is 1. The average molecular weight is 297 g/mol. The van der Waals surface area contributed by atoms with Gasteiger partial charge < -0.3 is 10.5 Å². The number of nitrogens with two attached hydrogens (primary N) is 1. The third-order valence-electron chi connectivity index (χ3n) is 2.25. The van der Waals surface area contributed by atoms with E-state index in [-0.39, 0.29) is 12.4 Å². The molecule has 17 heavy (non-hydrogen) atoms. The normalized spacial score (nSPS) is 9.76. The Hall–Kier alpha value is -1.38. The van der Waals surface area contributed by atoms with Crippen LogP contribution in [0.5, 0.6) is 0 Å². The van der Waals surface area contributed by atoms with Crippen molar-refractivity contribution in [2.45, 2.75) is 19.9 Å². The van der Waals surface area contributed by atoms with Gasteiger partial charge in [-0.25, -0.2) is 0 Å². The fourth-order valence-electron chi connectivity index (χ4n) is 1.44. The van der Waals surface area contributed by atoms with Gasteiger partial charge in [0.15, 0.2) is 0 Å². The molecule has 5 heteroatoms. The maximum atomic E-state index is 11.4. The molecule has 0 saturated carbocycles. The number of ether oxygens (including phenoxy) is 1. The highest BCUT2D eigenvalue weighted by atomic mass is 79.9. The van der Waals surface area contributed by atoms with Crippen LogP contribution in [-0.4, -0.2) is 12.6 Å². The van der Waals surface area contributed by atoms with Gasteiger partial charge in [0.2, 0.25) is 0 Å². The Morgan fingerprint density at radius 1 is 1.53 bits per heavy atom. The van der Waals surface area contributed by atoms with E-state index < -0.39 is 0 Å². The summed E-state index contributed by atoms with van der Waals surface area (Å²) < 4.78 is 5.63. The van der Waals surface area contributed by atoms with E-state index in [2.05, 4.69) is 22.0 Å². The molecule has 0 spiro atoms. The van der Waals surface area contributed by atoms with E-state index in [4.69, 9.17) is 15.7 Å². The highest BCUT2D eigenvalue weighted by molar-refractivity contribution is 9.10. The van der Waals surface area contributed by atoms with E-state index in [0.717, 1.165) is 15.6 Å². The van der Waals surface area contributed by atoms with Gasteiger partial charge in [-0.15, -0.1) is 0 Å². The summed E-state index contributed by atoms with van der Waals surface area (Å²) in [6.07, 6.45) is 0.147. The van der Waals surface area contributed by atoms with Crippen molar-refractivity contribution in [3.63, 3.8) is 0 Å². The number of hydrogen-bond acceptors (Lipinski definition) is 4. The first kappa shape index (κ1) is 13.7. The van der Waals surface area contributed by atoms with E-state index >= 15 is 0 Å². The minimum absolute atomic E-state index is 0.147. The van der Waals surface area contributed by atoms with Gasteiger partial charge in [-0.05, 0) is 30.2 Å². The van der Waals surface area contributed by atoms with Crippen LogP contribution in [0.3, 0.4) is 0 Å². The first-order valence-electron chi connectivity index (χ1n) is 5.19. The Morgan fingerprint density at radius 2 is 2.24 bits per heavy atom. The molecule has 1 rings (SSSR count). The number of carbonyl (C=O) groups is 1. The third kappa shape index (κ3) is 3.55. The first-order chi connectivity index (χ1) is 8.12. The second-order valence-corrected chi connectivity index (χ2v) is 4.25. The van der Waals surface area contributed by atoms with Gasteiger partial charge in [0.05, 0.1) is 24.7 Å². The molecular weight excluding hydrogens is 284 g/mol. The van der Waals surface area contributed by atoms with Crippen LogP contribution >= 0.6 is 15.9 Å². The van der Waals surface area contributed by atoms with Crippen molar-refractivity contribution >= 4 is 21.9 Å². The van der Waals surface area contributed by atoms with Crippen molar-refractivity contribution in [2.24, 2.45) is 5.73 Å². The second kappa shape index (κ2) is 6.38. The van der Waals surface area contributed by atoms with E-state index in [9.17, 15) is 4.79 Å². The lowest BCUT2D eigenvalue weighted by Gasteiger charge is -2.08. The molecule has 0 aliphatic carbocycles. The fraction of sp³-hybridized carbons (Fsp3) is 0.333. The van der Waals surface area contributed by atoms with Crippen molar-refractivity contribution in [3.8, 4) is 6.07 Å². The van der Waals surface area contributed by atoms with Gasteiger partial charge in [0.1, 0.15) is 0 Å². The van der Waals surface area contributed by atoms with Crippen LogP contribution in [0.15, 0.2) is 16.6 Å². The van der Waals surface area contributed by atoms with Crippen molar-refractivity contribution in [1.82, 2.24) is 0 Å². The summed E-state index contributed by atoms with van der Waals surface area (Å²) in [6, 6.07) is 5.51. The smallest absolute Gasteiger partial charge is 0.310 e. The predicted molar refractivity (Wildman–Crippen MR) is 67.1 cm³/mol. The average Bonchev–Trinajstić information content (AvgIpc) is 2.31. The van der Waals surface area contributed by atoms with Gasteiger partial charge in [0, 0.05) is 11.0 Å². The zero-order valence-electron chi connectivity index (χ0n) is 9.50. The molecule has 0 saturated heterocycles. The molecule has 0 bridgehead atoms. The van der Waals surface area contributed by atoms with E-state index in [0.29, 0.717) is 18.7 Å². The fourth-order valence-corrected chi connectivity index (χ4v) is 1.97. The van der Waals surface area contributed by atoms with E-state index in [1.54, 1.807) is 19.1 Å². The lowest BCUT2D eigenvalue weighted by Crippen LogP contribution is -2.09. The number of rotatable bonds is 4. The molecule has 4 nitrogen and oxygen atoms in total. The third-order valence-corrected chi connectivity index (χ3v) is 2.99. The van der Waals surface area contributed by atoms with Crippen LogP contribution < -0.4 is 5.73 Å². The molecule has 0 amide bonds. The Balaban J connectivity index is 3.01. The van der Waals surface area contributed by atoms with Gasteiger partial charge in [-0.2, -0.15) is 5.26 Å². The van der Waals surface area contributed by atoms with Crippen LogP contribution in [0.2, 0.25) is 0 Å². The zero-order chi connectivity index (χ0) is 12.8. The molecule has 0 radical (unpaired) electrons. The first-order valence-corrected chi connectivity index (χ1v) is 5.98. The summed E-state index contributed by atoms with van der Waals surface area (Å²) in [5, 5.41) is 8.97. The maximum absolute atomic E-state index is 11.4. The summed E-state index contributed by atoms with van der Waals surface area (Å²) in [5.74, 6) is -0.308. The van der Waals surface area contributed by atoms with Crippen LogP contribution in [-0.2, 0) is 22.5 Å². The van der Waals surface area contributed by atoms with Crippen LogP contribution in [0.4, 0.5) is 0 Å². The molecule has 1 aromatic carbocycles. The molecular formula is C12H13BrN2O2. The number of benzene rings is 1. The van der Waals surface area contributed by atoms with Crippen molar-refractivity contribution in [3.05, 3.63) is 33.3 Å². The lowest BCUT2D eigenvalue weighted by molar-refractivity contribution is -0.142. The zero-order valence-corrected chi connectivity index (χ0v) is 11.1. The Labute approximate surface area is 108 Å². The summed E-state index contributed by atoms with van der Waals surface area (Å²) in [4.78, 5) is 11.4. The number of carbonyl (C=O) groups excluding carboxylic acids is 1. The summed E-state index contributed by atoms with van der Waals surface area (Å²) in [5.41, 5.74) is 7.52. The van der Waals surface area contributed by atoms with E-state index in [1.165, 1.54) is 0 Å². The molecule has 0 atom stereocenters. The minimum Gasteiger partial charge on any atom is -0.466 e. The van der Waals surface area contributed by atoms with Gasteiger partial charge >= 0.3 is 5.97 Å². The topological polar surface area (TPSA) is 76.1 Å². The quantitative estimate of drug-likeness (QED) is 0.861. The predicted octanol–water partition coefficient (Wildman–Crippen LogP) is 1.89. The van der Waals surface area contributed by atoms with Crippen LogP contribution in [0.25, 0.3) is 0 Å². The van der Waals surface area contributed by atoms with E-state index in [1.807, 2.05) is 0 Å². The monoisotopic (exact) mass is 296 g/mol. The molecule has 0 aliphatic heterocycles. The molecule has 1 aromatic rings. The van der Waals surface area contributed by atoms with Crippen LogP contribution in [0, 0.1) is 11.3 Å². The summed E-state index contributed by atoms with van der Waals surface area (Å²) in [6.45, 7) is 2.40. The molecule has 0 fully saturated rings. The highest BCUT2D eigenvalue weighted by Gasteiger charge is 2.11. The SMILES string of the molecule is CCOC(=O)Cc1cc(C#N)c(CN)cc1Br. The van der Waals surface area contributed by atoms with Gasteiger partial charge in [0.25, 0.3) is 0 Å².